The van der Waals surface area contributed by atoms with Crippen LogP contribution in [0.5, 0.6) is 5.75 Å². The maximum Gasteiger partial charge on any atom is 0.226 e. The summed E-state index contributed by atoms with van der Waals surface area (Å²) >= 11 is 0. The number of hydrogen-bond donors (Lipinski definition) is 3. The number of ketones is 1. The topological polar surface area (TPSA) is 123 Å². The van der Waals surface area contributed by atoms with Crippen LogP contribution in [0.25, 0.3) is 22.5 Å². The molecule has 0 fully saturated rings. The van der Waals surface area contributed by atoms with E-state index in [0.717, 1.165) is 16.9 Å². The van der Waals surface area contributed by atoms with E-state index < -0.39 is 6.04 Å². The smallest absolute Gasteiger partial charge is 0.226 e. The summed E-state index contributed by atoms with van der Waals surface area (Å²) in [6.45, 7) is 0. The SMILES string of the molecule is COc1ccc(-c2[nH]nc3c2C(=O)c2c(NC(=O)CC(N)c4ccncc4)cccc2-3)cc1. The standard InChI is InChI=1S/C25H21N5O3/c1-33-16-7-5-15(6-8-16)23-22-24(30-29-23)17-3-2-4-19(21(17)25(22)32)28-20(31)13-18(26)14-9-11-27-12-10-14/h2-12,18H,13,26H2,1H3,(H,28,31)(H,29,30). The highest BCUT2D eigenvalue weighted by molar-refractivity contribution is 6.27. The van der Waals surface area contributed by atoms with Gasteiger partial charge in [-0.05, 0) is 48.0 Å². The Balaban J connectivity index is 1.42. The van der Waals surface area contributed by atoms with Gasteiger partial charge in [0.25, 0.3) is 0 Å². The van der Waals surface area contributed by atoms with Crippen molar-refractivity contribution in [2.75, 3.05) is 12.4 Å². The van der Waals surface area contributed by atoms with Gasteiger partial charge in [-0.2, -0.15) is 5.10 Å². The van der Waals surface area contributed by atoms with Gasteiger partial charge in [-0.25, -0.2) is 0 Å². The van der Waals surface area contributed by atoms with Crippen molar-refractivity contribution in [2.24, 2.45) is 5.73 Å². The second kappa shape index (κ2) is 8.33. The predicted octanol–water partition coefficient (Wildman–Crippen LogP) is 3.72. The van der Waals surface area contributed by atoms with E-state index in [9.17, 15) is 9.59 Å². The minimum Gasteiger partial charge on any atom is -0.497 e. The van der Waals surface area contributed by atoms with Gasteiger partial charge in [0.2, 0.25) is 5.91 Å². The maximum atomic E-state index is 13.4. The molecule has 0 bridgehead atoms. The highest BCUT2D eigenvalue weighted by Crippen LogP contribution is 2.43. The summed E-state index contributed by atoms with van der Waals surface area (Å²) < 4.78 is 5.21. The summed E-state index contributed by atoms with van der Waals surface area (Å²) in [5.41, 5.74) is 11.1. The van der Waals surface area contributed by atoms with Crippen molar-refractivity contribution in [3.8, 4) is 28.3 Å². The molecule has 1 unspecified atom stereocenters. The van der Waals surface area contributed by atoms with Crippen LogP contribution in [0.4, 0.5) is 5.69 Å². The number of benzene rings is 2. The van der Waals surface area contributed by atoms with E-state index in [0.29, 0.717) is 33.8 Å². The molecule has 5 rings (SSSR count). The third-order valence-electron chi connectivity index (χ3n) is 5.73. The number of fused-ring (bicyclic) bond motifs is 3. The highest BCUT2D eigenvalue weighted by atomic mass is 16.5. The van der Waals surface area contributed by atoms with Crippen LogP contribution in [-0.2, 0) is 4.79 Å². The van der Waals surface area contributed by atoms with Crippen LogP contribution in [0.2, 0.25) is 0 Å². The number of carbonyl (C=O) groups is 2. The predicted molar refractivity (Wildman–Crippen MR) is 124 cm³/mol. The summed E-state index contributed by atoms with van der Waals surface area (Å²) in [4.78, 5) is 30.1. The number of rotatable bonds is 6. The van der Waals surface area contributed by atoms with Gasteiger partial charge in [0, 0.05) is 36.0 Å². The van der Waals surface area contributed by atoms with Crippen molar-refractivity contribution < 1.29 is 14.3 Å². The Morgan fingerprint density at radius 2 is 1.85 bits per heavy atom. The van der Waals surface area contributed by atoms with E-state index in [1.165, 1.54) is 0 Å². The summed E-state index contributed by atoms with van der Waals surface area (Å²) in [6, 6.07) is 15.8. The molecule has 2 heterocycles. The Labute approximate surface area is 189 Å². The van der Waals surface area contributed by atoms with E-state index in [1.807, 2.05) is 30.3 Å². The zero-order valence-corrected chi connectivity index (χ0v) is 17.8. The van der Waals surface area contributed by atoms with E-state index in [4.69, 9.17) is 10.5 Å². The number of methoxy groups -OCH3 is 1. The lowest BCUT2D eigenvalue weighted by Crippen LogP contribution is -2.21. The Kier molecular flexibility index (Phi) is 5.20. The number of pyridine rings is 1. The van der Waals surface area contributed by atoms with Crippen LogP contribution in [-0.4, -0.2) is 34.0 Å². The number of hydrogen-bond acceptors (Lipinski definition) is 6. The van der Waals surface area contributed by atoms with Crippen molar-refractivity contribution in [1.29, 1.82) is 0 Å². The van der Waals surface area contributed by atoms with Gasteiger partial charge in [0.15, 0.2) is 5.78 Å². The van der Waals surface area contributed by atoms with Gasteiger partial charge < -0.3 is 15.8 Å². The second-order valence-electron chi connectivity index (χ2n) is 7.75. The fourth-order valence-electron chi connectivity index (χ4n) is 4.08. The molecule has 8 nitrogen and oxygen atoms in total. The zero-order valence-electron chi connectivity index (χ0n) is 17.8. The monoisotopic (exact) mass is 439 g/mol. The molecule has 0 radical (unpaired) electrons. The molecular formula is C25H21N5O3. The number of aromatic nitrogens is 3. The molecule has 2 aromatic carbocycles. The van der Waals surface area contributed by atoms with Crippen LogP contribution in [0, 0.1) is 0 Å². The molecule has 1 atom stereocenters. The number of carbonyl (C=O) groups excluding carboxylic acids is 2. The van der Waals surface area contributed by atoms with Crippen molar-refractivity contribution >= 4 is 17.4 Å². The molecule has 164 valence electrons. The molecule has 1 amide bonds. The molecule has 0 aliphatic heterocycles. The Hall–Kier alpha value is -4.30. The van der Waals surface area contributed by atoms with Gasteiger partial charge >= 0.3 is 0 Å². The lowest BCUT2D eigenvalue weighted by molar-refractivity contribution is -0.116. The summed E-state index contributed by atoms with van der Waals surface area (Å²) in [7, 11) is 1.60. The lowest BCUT2D eigenvalue weighted by atomic mass is 10.0. The molecule has 1 aliphatic carbocycles. The molecule has 1 aliphatic rings. The Bertz CT molecular complexity index is 1350. The molecular weight excluding hydrogens is 418 g/mol. The van der Waals surface area contributed by atoms with Crippen LogP contribution in [0.1, 0.15) is 33.9 Å². The van der Waals surface area contributed by atoms with Crippen LogP contribution in [0.15, 0.2) is 67.0 Å². The van der Waals surface area contributed by atoms with E-state index >= 15 is 0 Å². The average Bonchev–Trinajstić information content (AvgIpc) is 3.40. The van der Waals surface area contributed by atoms with Gasteiger partial charge in [-0.1, -0.05) is 12.1 Å². The third-order valence-corrected chi connectivity index (χ3v) is 5.73. The number of amides is 1. The number of nitrogens with two attached hydrogens (primary N) is 1. The molecule has 2 aromatic heterocycles. The third kappa shape index (κ3) is 3.66. The first-order valence-corrected chi connectivity index (χ1v) is 10.4. The highest BCUT2D eigenvalue weighted by Gasteiger charge is 2.35. The molecule has 33 heavy (non-hydrogen) atoms. The number of nitrogens with zero attached hydrogens (tertiary/aromatic N) is 2. The number of ether oxygens (including phenoxy) is 1. The number of H-pyrrole nitrogens is 1. The molecule has 0 spiro atoms. The van der Waals surface area contributed by atoms with E-state index in [2.05, 4.69) is 20.5 Å². The van der Waals surface area contributed by atoms with Crippen molar-refractivity contribution in [3.63, 3.8) is 0 Å². The second-order valence-corrected chi connectivity index (χ2v) is 7.75. The van der Waals surface area contributed by atoms with Crippen molar-refractivity contribution in [3.05, 3.63) is 83.7 Å². The fraction of sp³-hybridized carbons (Fsp3) is 0.120. The maximum absolute atomic E-state index is 13.4. The summed E-state index contributed by atoms with van der Waals surface area (Å²) in [5.74, 6) is 0.260. The molecule has 4 N–H and O–H groups in total. The van der Waals surface area contributed by atoms with E-state index in [-0.39, 0.29) is 18.1 Å². The lowest BCUT2D eigenvalue weighted by Gasteiger charge is -2.13. The number of nitrogens with one attached hydrogen (secondary N) is 2. The minimum atomic E-state index is -0.474. The van der Waals surface area contributed by atoms with Gasteiger partial charge in [0.1, 0.15) is 11.4 Å². The molecule has 0 saturated carbocycles. The van der Waals surface area contributed by atoms with Crippen LogP contribution in [0.3, 0.4) is 0 Å². The van der Waals surface area contributed by atoms with Crippen LogP contribution >= 0.6 is 0 Å². The fourth-order valence-corrected chi connectivity index (χ4v) is 4.08. The molecule has 4 aromatic rings. The first-order valence-electron chi connectivity index (χ1n) is 10.4. The zero-order chi connectivity index (χ0) is 22.9. The first kappa shape index (κ1) is 20.6. The molecule has 0 saturated heterocycles. The number of anilines is 1. The minimum absolute atomic E-state index is 0.0736. The van der Waals surface area contributed by atoms with Crippen molar-refractivity contribution in [1.82, 2.24) is 15.2 Å². The normalized spacial score (nSPS) is 12.7. The Morgan fingerprint density at radius 1 is 1.09 bits per heavy atom. The summed E-state index contributed by atoms with van der Waals surface area (Å²) in [5, 5.41) is 10.2. The summed E-state index contributed by atoms with van der Waals surface area (Å²) in [6.07, 6.45) is 3.35. The average molecular weight is 439 g/mol. The quantitative estimate of drug-likeness (QED) is 0.371. The van der Waals surface area contributed by atoms with Gasteiger partial charge in [0.05, 0.1) is 29.6 Å². The number of aromatic amines is 1. The first-order chi connectivity index (χ1) is 16.1. The largest absolute Gasteiger partial charge is 0.497 e. The van der Waals surface area contributed by atoms with E-state index in [1.54, 1.807) is 43.8 Å². The molecule has 8 heteroatoms. The Morgan fingerprint density at radius 3 is 2.58 bits per heavy atom. The van der Waals surface area contributed by atoms with Crippen LogP contribution < -0.4 is 15.8 Å². The van der Waals surface area contributed by atoms with Crippen molar-refractivity contribution in [2.45, 2.75) is 12.5 Å². The van der Waals surface area contributed by atoms with Gasteiger partial charge in [-0.15, -0.1) is 0 Å². The van der Waals surface area contributed by atoms with Gasteiger partial charge in [-0.3, -0.25) is 19.7 Å².